The molecule has 2 N–H and O–H groups in total. The Morgan fingerprint density at radius 2 is 1.76 bits per heavy atom. The fourth-order valence-electron chi connectivity index (χ4n) is 4.72. The summed E-state index contributed by atoms with van der Waals surface area (Å²) >= 11 is 1.47. The van der Waals surface area contributed by atoms with Crippen LogP contribution in [0, 0.1) is 5.92 Å². The van der Waals surface area contributed by atoms with E-state index in [1.807, 2.05) is 52.7 Å². The van der Waals surface area contributed by atoms with Crippen molar-refractivity contribution in [1.29, 1.82) is 0 Å². The lowest BCUT2D eigenvalue weighted by atomic mass is 9.90. The van der Waals surface area contributed by atoms with Crippen LogP contribution in [-0.2, 0) is 4.79 Å². The number of para-hydroxylation sites is 1. The lowest BCUT2D eigenvalue weighted by molar-refractivity contribution is -0.126. The number of carbonyl (C=O) groups excluding carboxylic acids is 2. The fraction of sp³-hybridized carbons (Fsp3) is 0.259. The Bertz CT molecular complexity index is 1220. The number of benzene rings is 2. The van der Waals surface area contributed by atoms with Gasteiger partial charge in [0, 0.05) is 48.6 Å². The van der Waals surface area contributed by atoms with Crippen LogP contribution >= 0.6 is 11.3 Å². The molecule has 2 aromatic carbocycles. The number of likely N-dealkylation sites (tertiary alicyclic amines) is 1. The van der Waals surface area contributed by atoms with Crippen LogP contribution in [0.2, 0.25) is 0 Å². The largest absolute Gasteiger partial charge is 0.361 e. The summed E-state index contributed by atoms with van der Waals surface area (Å²) < 4.78 is 0. The van der Waals surface area contributed by atoms with E-state index in [9.17, 15) is 9.59 Å². The summed E-state index contributed by atoms with van der Waals surface area (Å²) in [5.41, 5.74) is 3.47. The minimum atomic E-state index is -0.0585. The number of H-pyrrole nitrogens is 1. The molecular weight excluding hydrogens is 430 g/mol. The van der Waals surface area contributed by atoms with Gasteiger partial charge in [-0.2, -0.15) is 0 Å². The molecule has 0 saturated carbocycles. The normalized spacial score (nSPS) is 15.5. The number of piperidine rings is 1. The predicted molar refractivity (Wildman–Crippen MR) is 133 cm³/mol. The number of aromatic amines is 1. The van der Waals surface area contributed by atoms with Gasteiger partial charge in [0.25, 0.3) is 5.91 Å². The van der Waals surface area contributed by atoms with Crippen molar-refractivity contribution >= 4 is 34.1 Å². The van der Waals surface area contributed by atoms with Crippen molar-refractivity contribution in [3.8, 4) is 0 Å². The van der Waals surface area contributed by atoms with Crippen LogP contribution in [0.15, 0.2) is 78.3 Å². The Balaban J connectivity index is 1.25. The first kappa shape index (κ1) is 21.5. The fourth-order valence-corrected chi connectivity index (χ4v) is 5.41. The van der Waals surface area contributed by atoms with Gasteiger partial charge < -0.3 is 15.2 Å². The quantitative estimate of drug-likeness (QED) is 0.427. The van der Waals surface area contributed by atoms with E-state index in [-0.39, 0.29) is 23.7 Å². The third kappa shape index (κ3) is 4.57. The van der Waals surface area contributed by atoms with E-state index in [1.165, 1.54) is 27.8 Å². The molecule has 1 aliphatic heterocycles. The van der Waals surface area contributed by atoms with Gasteiger partial charge in [-0.15, -0.1) is 11.3 Å². The third-order valence-electron chi connectivity index (χ3n) is 6.56. The molecule has 4 aromatic rings. The number of hydrogen-bond acceptors (Lipinski definition) is 3. The van der Waals surface area contributed by atoms with Crippen molar-refractivity contribution in [1.82, 2.24) is 15.2 Å². The molecule has 5 rings (SSSR count). The number of nitrogens with zero attached hydrogens (tertiary/aromatic N) is 1. The number of fused-ring (bicyclic) bond motifs is 1. The van der Waals surface area contributed by atoms with E-state index in [4.69, 9.17) is 0 Å². The topological polar surface area (TPSA) is 65.2 Å². The maximum absolute atomic E-state index is 13.1. The van der Waals surface area contributed by atoms with Crippen LogP contribution in [0.5, 0.6) is 0 Å². The zero-order chi connectivity index (χ0) is 22.6. The molecular formula is C27H27N3O2S. The monoisotopic (exact) mass is 457 g/mol. The highest BCUT2D eigenvalue weighted by atomic mass is 32.1. The van der Waals surface area contributed by atoms with Gasteiger partial charge in [0.15, 0.2) is 0 Å². The maximum Gasteiger partial charge on any atom is 0.263 e. The van der Waals surface area contributed by atoms with Crippen molar-refractivity contribution in [2.75, 3.05) is 19.6 Å². The average Bonchev–Trinajstić information content (AvgIpc) is 3.55. The summed E-state index contributed by atoms with van der Waals surface area (Å²) in [6.45, 7) is 1.79. The molecule has 1 fully saturated rings. The summed E-state index contributed by atoms with van der Waals surface area (Å²) in [4.78, 5) is 31.6. The van der Waals surface area contributed by atoms with Crippen LogP contribution in [0.25, 0.3) is 10.9 Å². The van der Waals surface area contributed by atoms with Gasteiger partial charge in [0.1, 0.15) is 0 Å². The number of rotatable bonds is 6. The summed E-state index contributed by atoms with van der Waals surface area (Å²) in [6, 6.07) is 22.4. The number of thiophene rings is 1. The first-order chi connectivity index (χ1) is 16.2. The Hall–Kier alpha value is -3.38. The lowest BCUT2D eigenvalue weighted by Crippen LogP contribution is -2.43. The average molecular weight is 458 g/mol. The summed E-state index contributed by atoms with van der Waals surface area (Å²) in [6.07, 6.45) is 3.46. The van der Waals surface area contributed by atoms with Crippen molar-refractivity contribution in [3.63, 3.8) is 0 Å². The zero-order valence-electron chi connectivity index (χ0n) is 18.4. The van der Waals surface area contributed by atoms with Crippen LogP contribution in [0.4, 0.5) is 0 Å². The molecule has 3 heterocycles. The minimum Gasteiger partial charge on any atom is -0.361 e. The minimum absolute atomic E-state index is 0.0585. The van der Waals surface area contributed by atoms with Gasteiger partial charge in [0.05, 0.1) is 4.88 Å². The molecule has 33 heavy (non-hydrogen) atoms. The van der Waals surface area contributed by atoms with E-state index in [0.29, 0.717) is 32.5 Å². The molecule has 168 valence electrons. The van der Waals surface area contributed by atoms with E-state index < -0.39 is 0 Å². The van der Waals surface area contributed by atoms with Gasteiger partial charge in [-0.1, -0.05) is 54.6 Å². The maximum atomic E-state index is 13.1. The molecule has 5 nitrogen and oxygen atoms in total. The highest BCUT2D eigenvalue weighted by Crippen LogP contribution is 2.31. The van der Waals surface area contributed by atoms with Crippen LogP contribution in [0.1, 0.15) is 39.6 Å². The summed E-state index contributed by atoms with van der Waals surface area (Å²) in [5, 5.41) is 6.32. The van der Waals surface area contributed by atoms with Crippen molar-refractivity contribution in [2.24, 2.45) is 5.92 Å². The first-order valence-electron chi connectivity index (χ1n) is 11.4. The first-order valence-corrected chi connectivity index (χ1v) is 12.3. The smallest absolute Gasteiger partial charge is 0.263 e. The van der Waals surface area contributed by atoms with Gasteiger partial charge in [-0.05, 0) is 41.5 Å². The molecule has 1 atom stereocenters. The van der Waals surface area contributed by atoms with E-state index in [1.54, 1.807) is 0 Å². The number of amides is 2. The molecule has 6 heteroatoms. The standard InChI is InChI=1S/C27H27N3O2S/c31-26(20-12-14-30(15-13-20)27(32)25-11-6-16-33-25)29-17-22(19-7-2-1-3-8-19)23-18-28-24-10-5-4-9-21(23)24/h1-11,16,18,20,22,28H,12-15,17H2,(H,29,31)/t22-/m1/s1. The van der Waals surface area contributed by atoms with Crippen LogP contribution in [0.3, 0.4) is 0 Å². The van der Waals surface area contributed by atoms with E-state index in [0.717, 1.165) is 10.4 Å². The number of carbonyl (C=O) groups is 2. The highest BCUT2D eigenvalue weighted by Gasteiger charge is 2.29. The van der Waals surface area contributed by atoms with Crippen LogP contribution < -0.4 is 5.32 Å². The SMILES string of the molecule is O=C(NC[C@H](c1ccccc1)c1c[nH]c2ccccc12)C1CCN(C(=O)c2cccs2)CC1. The second kappa shape index (κ2) is 9.63. The number of hydrogen-bond donors (Lipinski definition) is 2. The van der Waals surface area contributed by atoms with Crippen molar-refractivity contribution in [2.45, 2.75) is 18.8 Å². The summed E-state index contributed by atoms with van der Waals surface area (Å²) in [7, 11) is 0. The Morgan fingerprint density at radius 1 is 1.00 bits per heavy atom. The molecule has 1 aliphatic rings. The second-order valence-corrected chi connectivity index (χ2v) is 9.49. The van der Waals surface area contributed by atoms with Gasteiger partial charge in [0.2, 0.25) is 5.91 Å². The van der Waals surface area contributed by atoms with Crippen molar-refractivity contribution < 1.29 is 9.59 Å². The molecule has 0 unspecified atom stereocenters. The predicted octanol–water partition coefficient (Wildman–Crippen LogP) is 5.03. The Kier molecular flexibility index (Phi) is 6.26. The molecule has 0 aliphatic carbocycles. The van der Waals surface area contributed by atoms with Crippen molar-refractivity contribution in [3.05, 3.63) is 94.3 Å². The van der Waals surface area contributed by atoms with Gasteiger partial charge >= 0.3 is 0 Å². The highest BCUT2D eigenvalue weighted by molar-refractivity contribution is 7.12. The molecule has 0 radical (unpaired) electrons. The third-order valence-corrected chi connectivity index (χ3v) is 7.42. The zero-order valence-corrected chi connectivity index (χ0v) is 19.2. The number of nitrogens with one attached hydrogen (secondary N) is 2. The molecule has 2 amide bonds. The van der Waals surface area contributed by atoms with E-state index >= 15 is 0 Å². The lowest BCUT2D eigenvalue weighted by Gasteiger charge is -2.31. The van der Waals surface area contributed by atoms with Gasteiger partial charge in [-0.25, -0.2) is 0 Å². The molecule has 1 saturated heterocycles. The Labute approximate surface area is 197 Å². The van der Waals surface area contributed by atoms with E-state index in [2.05, 4.69) is 40.8 Å². The van der Waals surface area contributed by atoms with Gasteiger partial charge in [-0.3, -0.25) is 9.59 Å². The molecule has 2 aromatic heterocycles. The molecule has 0 bridgehead atoms. The molecule has 0 spiro atoms. The second-order valence-electron chi connectivity index (χ2n) is 8.54. The Morgan fingerprint density at radius 3 is 2.52 bits per heavy atom. The van der Waals surface area contributed by atoms with Crippen LogP contribution in [-0.4, -0.2) is 41.3 Å². The number of aromatic nitrogens is 1. The summed E-state index contributed by atoms with van der Waals surface area (Å²) in [5.74, 6) is 0.162.